The fraction of sp³-hybridized carbons (Fsp3) is 0.576. The predicted octanol–water partition coefficient (Wildman–Crippen LogP) is 5.39. The van der Waals surface area contributed by atoms with E-state index in [1.807, 2.05) is 13.8 Å². The largest absolute Gasteiger partial charge is 0.490 e. The lowest BCUT2D eigenvalue weighted by molar-refractivity contribution is -0.149. The number of likely N-dealkylation sites (N-methyl/N-ethyl adjacent to an activating group) is 1. The molecular formula is C33H46F3N3O7S. The van der Waals surface area contributed by atoms with Gasteiger partial charge in [-0.3, -0.25) is 14.3 Å². The summed E-state index contributed by atoms with van der Waals surface area (Å²) in [5, 5.41) is 10.1. The molecule has 2 aromatic rings. The highest BCUT2D eigenvalue weighted by atomic mass is 32.2. The van der Waals surface area contributed by atoms with Crippen molar-refractivity contribution >= 4 is 27.5 Å². The fourth-order valence-corrected chi connectivity index (χ4v) is 6.24. The van der Waals surface area contributed by atoms with Crippen LogP contribution in [0.5, 0.6) is 5.75 Å². The molecule has 0 fully saturated rings. The topological polar surface area (TPSA) is 125 Å². The summed E-state index contributed by atoms with van der Waals surface area (Å²) in [5.41, 5.74) is 1.12. The number of nitrogens with one attached hydrogen (secondary N) is 1. The van der Waals surface area contributed by atoms with Gasteiger partial charge in [0.25, 0.3) is 15.9 Å². The third kappa shape index (κ3) is 11.4. The minimum Gasteiger partial charge on any atom is -0.490 e. The Labute approximate surface area is 275 Å². The Hall–Kier alpha value is -3.36. The van der Waals surface area contributed by atoms with Crippen LogP contribution in [0.4, 0.5) is 18.9 Å². The Kier molecular flexibility index (Phi) is 13.5. The summed E-state index contributed by atoms with van der Waals surface area (Å²) in [5.74, 6) is -1.36. The van der Waals surface area contributed by atoms with Crippen molar-refractivity contribution in [2.24, 2.45) is 5.92 Å². The molecular weight excluding hydrogens is 639 g/mol. The number of sulfonamides is 1. The first-order valence-corrected chi connectivity index (χ1v) is 17.2. The van der Waals surface area contributed by atoms with Gasteiger partial charge in [-0.15, -0.1) is 0 Å². The average Bonchev–Trinajstić information content (AvgIpc) is 3.00. The fourth-order valence-electron chi connectivity index (χ4n) is 5.19. The van der Waals surface area contributed by atoms with Crippen LogP contribution in [0.1, 0.15) is 68.8 Å². The molecule has 3 rings (SSSR count). The minimum atomic E-state index is -4.46. The molecule has 2 N–H and O–H groups in total. The van der Waals surface area contributed by atoms with Gasteiger partial charge in [-0.2, -0.15) is 13.2 Å². The number of aliphatic hydroxyl groups is 1. The number of hydrogen-bond acceptors (Lipinski definition) is 7. The monoisotopic (exact) mass is 685 g/mol. The number of alkyl halides is 3. The number of halogens is 3. The Bertz CT molecular complexity index is 1450. The lowest BCUT2D eigenvalue weighted by atomic mass is 10.0. The van der Waals surface area contributed by atoms with Gasteiger partial charge in [-0.05, 0) is 70.4 Å². The standard InChI is InChI=1S/C33H46F3N3O7S/c1-22-9-12-27(13-10-22)47(43,44)37-26-11-14-29-28(18-26)32(42)39(24(3)21-40)19-23(2)30(45-17-7-6-8-25(4)46-29)20-38(5)31(41)15-16-33(34,35)36/h9-14,18,23-25,30,37,40H,6-8,15-17,19-21H2,1-5H3/t23-,24-,25-,30-/m0/s1. The van der Waals surface area contributed by atoms with Crippen molar-refractivity contribution in [1.29, 1.82) is 0 Å². The molecule has 0 aromatic heterocycles. The molecule has 0 radical (unpaired) electrons. The number of carbonyl (C=O) groups excluding carboxylic acids is 2. The van der Waals surface area contributed by atoms with E-state index in [4.69, 9.17) is 9.47 Å². The van der Waals surface area contributed by atoms with Crippen LogP contribution in [-0.2, 0) is 19.6 Å². The van der Waals surface area contributed by atoms with Crippen molar-refractivity contribution in [3.05, 3.63) is 53.6 Å². The third-order valence-electron chi connectivity index (χ3n) is 8.14. The quantitative estimate of drug-likeness (QED) is 0.363. The van der Waals surface area contributed by atoms with Gasteiger partial charge in [0.15, 0.2) is 0 Å². The van der Waals surface area contributed by atoms with E-state index in [1.54, 1.807) is 32.0 Å². The summed E-state index contributed by atoms with van der Waals surface area (Å²) >= 11 is 0. The molecule has 1 heterocycles. The van der Waals surface area contributed by atoms with Crippen LogP contribution in [0.25, 0.3) is 0 Å². The Morgan fingerprint density at radius 3 is 2.47 bits per heavy atom. The second-order valence-electron chi connectivity index (χ2n) is 12.3. The molecule has 2 amide bonds. The molecule has 10 nitrogen and oxygen atoms in total. The lowest BCUT2D eigenvalue weighted by Crippen LogP contribution is -2.48. The van der Waals surface area contributed by atoms with Gasteiger partial charge in [-0.1, -0.05) is 24.6 Å². The Morgan fingerprint density at radius 2 is 1.83 bits per heavy atom. The van der Waals surface area contributed by atoms with E-state index in [2.05, 4.69) is 4.72 Å². The highest BCUT2D eigenvalue weighted by Crippen LogP contribution is 2.30. The number of anilines is 1. The molecule has 47 heavy (non-hydrogen) atoms. The van der Waals surface area contributed by atoms with Crippen LogP contribution >= 0.6 is 0 Å². The smallest absolute Gasteiger partial charge is 0.389 e. The van der Waals surface area contributed by atoms with Crippen LogP contribution in [0.15, 0.2) is 47.4 Å². The second kappa shape index (κ2) is 16.6. The number of ether oxygens (including phenoxy) is 2. The van der Waals surface area contributed by atoms with Gasteiger partial charge in [0.05, 0.1) is 41.7 Å². The second-order valence-corrected chi connectivity index (χ2v) is 14.0. The van der Waals surface area contributed by atoms with Gasteiger partial charge in [0.1, 0.15) is 5.75 Å². The van der Waals surface area contributed by atoms with E-state index in [0.717, 1.165) is 5.56 Å². The van der Waals surface area contributed by atoms with E-state index < -0.39 is 58.9 Å². The van der Waals surface area contributed by atoms with Crippen molar-refractivity contribution in [2.45, 2.75) is 89.1 Å². The number of benzene rings is 2. The first-order chi connectivity index (χ1) is 22.0. The van der Waals surface area contributed by atoms with Gasteiger partial charge < -0.3 is 24.4 Å². The Morgan fingerprint density at radius 1 is 1.15 bits per heavy atom. The van der Waals surface area contributed by atoms with E-state index in [0.29, 0.717) is 25.9 Å². The van der Waals surface area contributed by atoms with E-state index in [-0.39, 0.29) is 47.7 Å². The maximum absolute atomic E-state index is 14.2. The Balaban J connectivity index is 1.95. The maximum Gasteiger partial charge on any atom is 0.389 e. The van der Waals surface area contributed by atoms with E-state index in [9.17, 15) is 36.3 Å². The maximum atomic E-state index is 14.2. The minimum absolute atomic E-state index is 0.00837. The highest BCUT2D eigenvalue weighted by Gasteiger charge is 2.32. The number of carbonyl (C=O) groups is 2. The van der Waals surface area contributed by atoms with Crippen molar-refractivity contribution in [3.63, 3.8) is 0 Å². The summed E-state index contributed by atoms with van der Waals surface area (Å²) in [6, 6.07) is 10.1. The highest BCUT2D eigenvalue weighted by molar-refractivity contribution is 7.92. The molecule has 0 unspecified atom stereocenters. The van der Waals surface area contributed by atoms with Gasteiger partial charge in [-0.25, -0.2) is 8.42 Å². The normalized spacial score (nSPS) is 20.8. The molecule has 14 heteroatoms. The zero-order valence-corrected chi connectivity index (χ0v) is 28.4. The van der Waals surface area contributed by atoms with E-state index >= 15 is 0 Å². The van der Waals surface area contributed by atoms with Crippen molar-refractivity contribution in [2.75, 3.05) is 38.1 Å². The first-order valence-electron chi connectivity index (χ1n) is 15.7. The van der Waals surface area contributed by atoms with Crippen LogP contribution in [0, 0.1) is 12.8 Å². The van der Waals surface area contributed by atoms with Crippen molar-refractivity contribution < 1.29 is 45.8 Å². The third-order valence-corrected chi connectivity index (χ3v) is 9.53. The summed E-state index contributed by atoms with van der Waals surface area (Å²) in [6.45, 7) is 7.18. The first kappa shape index (κ1) is 38.1. The number of amides is 2. The molecule has 1 aliphatic rings. The van der Waals surface area contributed by atoms with E-state index in [1.165, 1.54) is 41.1 Å². The number of aliphatic hydroxyl groups excluding tert-OH is 1. The van der Waals surface area contributed by atoms with Gasteiger partial charge >= 0.3 is 6.18 Å². The number of aryl methyl sites for hydroxylation is 1. The molecule has 0 aliphatic carbocycles. The molecule has 1 aliphatic heterocycles. The molecule has 262 valence electrons. The van der Waals surface area contributed by atoms with Crippen molar-refractivity contribution in [3.8, 4) is 5.75 Å². The summed E-state index contributed by atoms with van der Waals surface area (Å²) in [7, 11) is -2.56. The van der Waals surface area contributed by atoms with Crippen LogP contribution in [0.3, 0.4) is 0 Å². The lowest BCUT2D eigenvalue weighted by Gasteiger charge is -2.36. The zero-order valence-electron chi connectivity index (χ0n) is 27.5. The van der Waals surface area contributed by atoms with Crippen LogP contribution in [-0.4, -0.2) is 92.9 Å². The molecule has 0 bridgehead atoms. The SMILES string of the molecule is Cc1ccc(S(=O)(=O)Nc2ccc3c(c2)C(=O)N([C@@H](C)CO)C[C@H](C)[C@H](CN(C)C(=O)CCC(F)(F)F)OCCCC[C@H](C)O3)cc1. The molecule has 0 spiro atoms. The van der Waals surface area contributed by atoms with Gasteiger partial charge in [0.2, 0.25) is 5.91 Å². The average molecular weight is 686 g/mol. The summed E-state index contributed by atoms with van der Waals surface area (Å²) in [6.07, 6.45) is -5.31. The summed E-state index contributed by atoms with van der Waals surface area (Å²) < 4.78 is 79.4. The molecule has 2 aromatic carbocycles. The van der Waals surface area contributed by atoms with Gasteiger partial charge in [0, 0.05) is 44.8 Å². The predicted molar refractivity (Wildman–Crippen MR) is 172 cm³/mol. The molecule has 4 atom stereocenters. The van der Waals surface area contributed by atoms with Crippen molar-refractivity contribution in [1.82, 2.24) is 9.80 Å². The number of fused-ring (bicyclic) bond motifs is 1. The van der Waals surface area contributed by atoms with Crippen LogP contribution in [0.2, 0.25) is 0 Å². The van der Waals surface area contributed by atoms with Crippen LogP contribution < -0.4 is 9.46 Å². The number of nitrogens with zero attached hydrogens (tertiary/aromatic N) is 2. The summed E-state index contributed by atoms with van der Waals surface area (Å²) in [4.78, 5) is 29.5. The zero-order chi connectivity index (χ0) is 34.9. The number of rotatable bonds is 9. The molecule has 0 saturated heterocycles. The molecule has 0 saturated carbocycles. The number of hydrogen-bond donors (Lipinski definition) is 2.